The number of aromatic nitrogens is 4. The lowest BCUT2D eigenvalue weighted by atomic mass is 9.74. The summed E-state index contributed by atoms with van der Waals surface area (Å²) >= 11 is 0. The zero-order valence-electron chi connectivity index (χ0n) is 24.8. The van der Waals surface area contributed by atoms with E-state index >= 15 is 0 Å². The minimum Gasteiger partial charge on any atom is -0.413 e. The Bertz CT molecular complexity index is 2200. The van der Waals surface area contributed by atoms with Crippen molar-refractivity contribution in [2.45, 2.75) is 25.4 Å². The fourth-order valence-corrected chi connectivity index (χ4v) is 5.69. The molecular formula is C33H21F3N6O5. The molecule has 3 aromatic heterocycles. The van der Waals surface area contributed by atoms with Gasteiger partial charge in [0.25, 0.3) is 35.4 Å². The first-order valence-electron chi connectivity index (χ1n) is 14.1. The van der Waals surface area contributed by atoms with Crippen LogP contribution in [-0.2, 0) is 5.41 Å². The van der Waals surface area contributed by atoms with Gasteiger partial charge in [0, 0.05) is 12.7 Å². The highest BCUT2D eigenvalue weighted by molar-refractivity contribution is 6.34. The van der Waals surface area contributed by atoms with Crippen molar-refractivity contribution in [2.75, 3.05) is 11.9 Å². The summed E-state index contributed by atoms with van der Waals surface area (Å²) in [6, 6.07) is 16.4. The number of imide groups is 2. The highest BCUT2D eigenvalue weighted by Gasteiger charge is 2.55. The number of rotatable bonds is 5. The Morgan fingerprint density at radius 3 is 1.77 bits per heavy atom. The summed E-state index contributed by atoms with van der Waals surface area (Å²) < 4.78 is 50.5. The lowest BCUT2D eigenvalue weighted by molar-refractivity contribution is -0.173. The molecule has 0 saturated heterocycles. The topological polar surface area (TPSA) is 139 Å². The van der Waals surface area contributed by atoms with Crippen LogP contribution in [0.1, 0.15) is 65.2 Å². The van der Waals surface area contributed by atoms with Crippen molar-refractivity contribution in [3.63, 3.8) is 0 Å². The van der Waals surface area contributed by atoms with Crippen LogP contribution in [0.25, 0.3) is 23.2 Å². The van der Waals surface area contributed by atoms with E-state index in [0.717, 1.165) is 52.7 Å². The smallest absolute Gasteiger partial charge is 0.402 e. The number of nitrogens with zero attached hydrogens (tertiary/aromatic N) is 6. The normalized spacial score (nSPS) is 15.7. The van der Waals surface area contributed by atoms with Crippen molar-refractivity contribution in [3.8, 4) is 23.2 Å². The fraction of sp³-hybridized carbons (Fsp3) is 0.152. The SMILES string of the molecule is Cc1cccc(-c2nnc(-c3cccc(N4C(=O)c5ccc(C(C)(c6ccc7c(c6)C(=O)N(C)C7=O)C(F)(F)F)cc5C4=O)n3)o2)n1. The number of amides is 4. The maximum absolute atomic E-state index is 14.9. The molecule has 11 nitrogen and oxygen atoms in total. The molecule has 5 aromatic rings. The molecule has 1 unspecified atom stereocenters. The summed E-state index contributed by atoms with van der Waals surface area (Å²) in [7, 11) is 1.24. The fourth-order valence-electron chi connectivity index (χ4n) is 5.69. The van der Waals surface area contributed by atoms with Crippen LogP contribution in [0.4, 0.5) is 19.0 Å². The number of hydrogen-bond donors (Lipinski definition) is 0. The minimum atomic E-state index is -4.91. The summed E-state index contributed by atoms with van der Waals surface area (Å²) in [5.41, 5.74) is -2.60. The molecule has 0 fully saturated rings. The third-order valence-electron chi connectivity index (χ3n) is 8.41. The van der Waals surface area contributed by atoms with Crippen LogP contribution in [0.3, 0.4) is 0 Å². The third kappa shape index (κ3) is 4.43. The Morgan fingerprint density at radius 2 is 1.17 bits per heavy atom. The van der Waals surface area contributed by atoms with Crippen molar-refractivity contribution in [2.24, 2.45) is 0 Å². The van der Waals surface area contributed by atoms with Crippen molar-refractivity contribution < 1.29 is 36.8 Å². The van der Waals surface area contributed by atoms with E-state index < -0.39 is 35.2 Å². The van der Waals surface area contributed by atoms with Crippen molar-refractivity contribution in [1.29, 1.82) is 0 Å². The Labute approximate surface area is 263 Å². The summed E-state index contributed by atoms with van der Waals surface area (Å²) in [5, 5.41) is 8.01. The Morgan fingerprint density at radius 1 is 0.660 bits per heavy atom. The lowest BCUT2D eigenvalue weighted by Gasteiger charge is -2.33. The zero-order valence-corrected chi connectivity index (χ0v) is 24.8. The second kappa shape index (κ2) is 10.2. The van der Waals surface area contributed by atoms with E-state index in [9.17, 15) is 32.3 Å². The predicted molar refractivity (Wildman–Crippen MR) is 158 cm³/mol. The van der Waals surface area contributed by atoms with Crippen LogP contribution < -0.4 is 4.90 Å². The summed E-state index contributed by atoms with van der Waals surface area (Å²) in [6.07, 6.45) is -4.91. The van der Waals surface area contributed by atoms with Crippen LogP contribution >= 0.6 is 0 Å². The van der Waals surface area contributed by atoms with Gasteiger partial charge < -0.3 is 4.42 Å². The van der Waals surface area contributed by atoms with Gasteiger partial charge in [-0.05, 0) is 73.5 Å². The molecule has 1 atom stereocenters. The van der Waals surface area contributed by atoms with E-state index in [-0.39, 0.29) is 56.7 Å². The second-order valence-electron chi connectivity index (χ2n) is 11.2. The van der Waals surface area contributed by atoms with E-state index in [0.29, 0.717) is 5.69 Å². The maximum atomic E-state index is 14.9. The van der Waals surface area contributed by atoms with Crippen LogP contribution in [-0.4, -0.2) is 61.9 Å². The van der Waals surface area contributed by atoms with Crippen LogP contribution in [0, 0.1) is 6.92 Å². The Balaban J connectivity index is 1.24. The van der Waals surface area contributed by atoms with E-state index in [2.05, 4.69) is 20.2 Å². The number of benzene rings is 2. The van der Waals surface area contributed by atoms with Crippen molar-refractivity contribution in [3.05, 3.63) is 112 Å². The van der Waals surface area contributed by atoms with Crippen LogP contribution in [0.2, 0.25) is 0 Å². The number of halogens is 3. The van der Waals surface area contributed by atoms with Gasteiger partial charge in [-0.15, -0.1) is 10.2 Å². The largest absolute Gasteiger partial charge is 0.413 e. The van der Waals surface area contributed by atoms with Crippen molar-refractivity contribution >= 4 is 29.4 Å². The highest BCUT2D eigenvalue weighted by Crippen LogP contribution is 2.48. The number of pyridine rings is 2. The van der Waals surface area contributed by atoms with Gasteiger partial charge in [-0.3, -0.25) is 24.1 Å². The zero-order chi connectivity index (χ0) is 33.4. The van der Waals surface area contributed by atoms with Gasteiger partial charge in [0.15, 0.2) is 0 Å². The number of aryl methyl sites for hydroxylation is 1. The van der Waals surface area contributed by atoms with E-state index in [1.165, 1.54) is 31.3 Å². The minimum absolute atomic E-state index is 0.00513. The maximum Gasteiger partial charge on any atom is 0.402 e. The second-order valence-corrected chi connectivity index (χ2v) is 11.2. The number of anilines is 1. The molecule has 47 heavy (non-hydrogen) atoms. The molecule has 0 radical (unpaired) electrons. The molecule has 0 bridgehead atoms. The van der Waals surface area contributed by atoms with E-state index in [1.807, 2.05) is 0 Å². The van der Waals surface area contributed by atoms with Gasteiger partial charge in [0.05, 0.1) is 22.3 Å². The van der Waals surface area contributed by atoms with Crippen molar-refractivity contribution in [1.82, 2.24) is 25.1 Å². The van der Waals surface area contributed by atoms with E-state index in [4.69, 9.17) is 4.42 Å². The van der Waals surface area contributed by atoms with Crippen LogP contribution in [0.5, 0.6) is 0 Å². The predicted octanol–water partition coefficient (Wildman–Crippen LogP) is 5.40. The van der Waals surface area contributed by atoms with Gasteiger partial charge in [-0.2, -0.15) is 13.2 Å². The average molecular weight is 639 g/mol. The lowest BCUT2D eigenvalue weighted by Crippen LogP contribution is -2.41. The third-order valence-corrected chi connectivity index (χ3v) is 8.41. The molecule has 14 heteroatoms. The molecule has 0 spiro atoms. The van der Waals surface area contributed by atoms with Gasteiger partial charge in [0.1, 0.15) is 22.6 Å². The molecule has 0 aliphatic carbocycles. The quantitative estimate of drug-likeness (QED) is 0.232. The first-order valence-corrected chi connectivity index (χ1v) is 14.1. The molecule has 0 saturated carbocycles. The Kier molecular flexibility index (Phi) is 6.46. The summed E-state index contributed by atoms with van der Waals surface area (Å²) in [5.74, 6) is -2.99. The number of hydrogen-bond acceptors (Lipinski definition) is 9. The first kappa shape index (κ1) is 29.6. The summed E-state index contributed by atoms with van der Waals surface area (Å²) in [4.78, 5) is 62.3. The monoisotopic (exact) mass is 638 g/mol. The van der Waals surface area contributed by atoms with Crippen LogP contribution in [0.15, 0.2) is 77.2 Å². The van der Waals surface area contributed by atoms with Gasteiger partial charge >= 0.3 is 6.18 Å². The summed E-state index contributed by atoms with van der Waals surface area (Å²) in [6.45, 7) is 2.72. The van der Waals surface area contributed by atoms with Gasteiger partial charge in [-0.1, -0.05) is 24.3 Å². The molecule has 2 aromatic carbocycles. The highest BCUT2D eigenvalue weighted by atomic mass is 19.4. The molecule has 0 N–H and O–H groups in total. The molecule has 5 heterocycles. The number of carbonyl (C=O) groups is 4. The van der Waals surface area contributed by atoms with E-state index in [1.54, 1.807) is 25.1 Å². The molecule has 2 aliphatic heterocycles. The molecule has 2 aliphatic rings. The molecular weight excluding hydrogens is 617 g/mol. The number of carbonyl (C=O) groups excluding carboxylic acids is 4. The van der Waals surface area contributed by atoms with Gasteiger partial charge in [0.2, 0.25) is 0 Å². The first-order chi connectivity index (χ1) is 22.3. The number of fused-ring (bicyclic) bond motifs is 2. The molecule has 7 rings (SSSR count). The Hall–Kier alpha value is -6.05. The molecule has 234 valence electrons. The van der Waals surface area contributed by atoms with Gasteiger partial charge in [-0.25, -0.2) is 14.9 Å². The standard InChI is InChI=1S/C33H21F3N6O5/c1-16-6-4-7-23(37-16)26-39-40-27(47-26)24-8-5-9-25(38-24)42-30(45)20-13-11-18(15-22(20)31(42)46)32(2,33(34,35)36)17-10-12-19-21(14-17)29(44)41(3)28(19)43/h4-15H,1-3H3. The average Bonchev–Trinajstić information content (AvgIpc) is 3.71. The number of alkyl halides is 3. The molecule has 4 amide bonds.